The van der Waals surface area contributed by atoms with Crippen LogP contribution in [0.25, 0.3) is 5.65 Å². The third-order valence-electron chi connectivity index (χ3n) is 4.05. The van der Waals surface area contributed by atoms with Gasteiger partial charge >= 0.3 is 0 Å². The number of anilines is 1. The molecule has 0 spiro atoms. The van der Waals surface area contributed by atoms with Gasteiger partial charge in [-0.15, -0.1) is 0 Å². The number of rotatable bonds is 2. The van der Waals surface area contributed by atoms with E-state index in [0.717, 1.165) is 31.6 Å². The molecular formula is C14H20N4. The zero-order valence-corrected chi connectivity index (χ0v) is 10.8. The molecule has 0 aromatic carbocycles. The second-order valence-electron chi connectivity index (χ2n) is 5.11. The normalized spacial score (nSPS) is 24.7. The molecule has 18 heavy (non-hydrogen) atoms. The fourth-order valence-electron chi connectivity index (χ4n) is 2.88. The number of nitrogens with two attached hydrogens (primary N) is 1. The molecule has 2 unspecified atom stereocenters. The minimum absolute atomic E-state index is 0.355. The Hall–Kier alpha value is -1.55. The number of imidazole rings is 1. The summed E-state index contributed by atoms with van der Waals surface area (Å²) < 4.78 is 2.16. The first-order valence-electron chi connectivity index (χ1n) is 6.72. The molecule has 2 aromatic heterocycles. The summed E-state index contributed by atoms with van der Waals surface area (Å²) in [4.78, 5) is 6.78. The Morgan fingerprint density at radius 1 is 1.44 bits per heavy atom. The van der Waals surface area contributed by atoms with Crippen LogP contribution in [0.3, 0.4) is 0 Å². The van der Waals surface area contributed by atoms with Crippen molar-refractivity contribution >= 4 is 11.5 Å². The summed E-state index contributed by atoms with van der Waals surface area (Å²) >= 11 is 0. The highest BCUT2D eigenvalue weighted by Crippen LogP contribution is 2.24. The average molecular weight is 244 g/mol. The van der Waals surface area contributed by atoms with E-state index >= 15 is 0 Å². The summed E-state index contributed by atoms with van der Waals surface area (Å²) in [5.74, 6) is 1.83. The first-order valence-corrected chi connectivity index (χ1v) is 6.72. The quantitative estimate of drug-likeness (QED) is 0.877. The van der Waals surface area contributed by atoms with Crippen molar-refractivity contribution in [2.24, 2.45) is 11.7 Å². The van der Waals surface area contributed by atoms with E-state index in [4.69, 9.17) is 5.73 Å². The van der Waals surface area contributed by atoms with Gasteiger partial charge in [0.1, 0.15) is 11.5 Å². The van der Waals surface area contributed by atoms with E-state index in [0.29, 0.717) is 12.0 Å². The van der Waals surface area contributed by atoms with Crippen LogP contribution in [0, 0.1) is 5.92 Å². The van der Waals surface area contributed by atoms with Crippen molar-refractivity contribution in [3.63, 3.8) is 0 Å². The molecule has 2 N–H and O–H groups in total. The van der Waals surface area contributed by atoms with Crippen LogP contribution in [0.1, 0.15) is 19.8 Å². The van der Waals surface area contributed by atoms with Crippen LogP contribution in [0.15, 0.2) is 30.6 Å². The minimum Gasteiger partial charge on any atom is -0.357 e. The number of piperidine rings is 1. The standard InChI is InChI=1S/C14H20N4/c1-2-11-10-17(8-6-12(11)15)14-5-3-4-13-16-7-9-18(13)14/h3-5,7,9,11-12H,2,6,8,10,15H2,1H3. The Balaban J connectivity index is 1.93. The molecule has 0 amide bonds. The van der Waals surface area contributed by atoms with E-state index in [1.54, 1.807) is 0 Å². The largest absolute Gasteiger partial charge is 0.357 e. The van der Waals surface area contributed by atoms with E-state index in [2.05, 4.69) is 33.3 Å². The number of nitrogens with zero attached hydrogens (tertiary/aromatic N) is 3. The maximum Gasteiger partial charge on any atom is 0.138 e. The third-order valence-corrected chi connectivity index (χ3v) is 4.05. The van der Waals surface area contributed by atoms with Crippen molar-refractivity contribution in [2.75, 3.05) is 18.0 Å². The molecule has 2 atom stereocenters. The van der Waals surface area contributed by atoms with E-state index in [9.17, 15) is 0 Å². The molecule has 0 saturated carbocycles. The molecule has 1 aliphatic rings. The second kappa shape index (κ2) is 4.61. The molecule has 4 nitrogen and oxygen atoms in total. The first-order chi connectivity index (χ1) is 8.79. The smallest absolute Gasteiger partial charge is 0.138 e. The summed E-state index contributed by atoms with van der Waals surface area (Å²) in [6.07, 6.45) is 6.10. The van der Waals surface area contributed by atoms with Gasteiger partial charge in [0.15, 0.2) is 0 Å². The van der Waals surface area contributed by atoms with Gasteiger partial charge in [-0.3, -0.25) is 4.40 Å². The molecule has 3 rings (SSSR count). The molecule has 3 heterocycles. The monoisotopic (exact) mass is 244 g/mol. The number of pyridine rings is 1. The van der Waals surface area contributed by atoms with E-state index in [1.807, 2.05) is 18.5 Å². The van der Waals surface area contributed by atoms with Gasteiger partial charge in [0.05, 0.1) is 0 Å². The van der Waals surface area contributed by atoms with Gasteiger partial charge in [0, 0.05) is 31.5 Å². The fraction of sp³-hybridized carbons (Fsp3) is 0.500. The van der Waals surface area contributed by atoms with Crippen molar-refractivity contribution in [1.29, 1.82) is 0 Å². The highest BCUT2D eigenvalue weighted by atomic mass is 15.2. The number of aromatic nitrogens is 2. The molecule has 1 aliphatic heterocycles. The zero-order chi connectivity index (χ0) is 12.5. The van der Waals surface area contributed by atoms with E-state index in [-0.39, 0.29) is 0 Å². The predicted molar refractivity (Wildman–Crippen MR) is 73.8 cm³/mol. The Morgan fingerprint density at radius 3 is 3.17 bits per heavy atom. The summed E-state index contributed by atoms with van der Waals surface area (Å²) in [5.41, 5.74) is 7.19. The molecule has 1 fully saturated rings. The van der Waals surface area contributed by atoms with Crippen LogP contribution in [0.5, 0.6) is 0 Å². The van der Waals surface area contributed by atoms with Gasteiger partial charge in [0.2, 0.25) is 0 Å². The van der Waals surface area contributed by atoms with Crippen LogP contribution in [-0.2, 0) is 0 Å². The Morgan fingerprint density at radius 2 is 2.33 bits per heavy atom. The summed E-state index contributed by atoms with van der Waals surface area (Å²) in [5, 5.41) is 0. The summed E-state index contributed by atoms with van der Waals surface area (Å²) in [6, 6.07) is 6.63. The number of hydrogen-bond acceptors (Lipinski definition) is 3. The van der Waals surface area contributed by atoms with Crippen LogP contribution >= 0.6 is 0 Å². The van der Waals surface area contributed by atoms with Crippen LogP contribution < -0.4 is 10.6 Å². The first kappa shape index (κ1) is 11.5. The lowest BCUT2D eigenvalue weighted by Gasteiger charge is -2.38. The Bertz CT molecular complexity index is 533. The lowest BCUT2D eigenvalue weighted by molar-refractivity contribution is 0.346. The lowest BCUT2D eigenvalue weighted by atomic mass is 9.91. The van der Waals surface area contributed by atoms with Gasteiger partial charge in [-0.25, -0.2) is 4.98 Å². The highest BCUT2D eigenvalue weighted by molar-refractivity contribution is 5.51. The molecule has 4 heteroatoms. The van der Waals surface area contributed by atoms with Crippen molar-refractivity contribution in [3.8, 4) is 0 Å². The maximum absolute atomic E-state index is 6.18. The maximum atomic E-state index is 6.18. The topological polar surface area (TPSA) is 46.6 Å². The van der Waals surface area contributed by atoms with Crippen molar-refractivity contribution in [3.05, 3.63) is 30.6 Å². The number of fused-ring (bicyclic) bond motifs is 1. The summed E-state index contributed by atoms with van der Waals surface area (Å²) in [6.45, 7) is 4.32. The molecule has 0 aliphatic carbocycles. The van der Waals surface area contributed by atoms with Gasteiger partial charge < -0.3 is 10.6 Å². The fourth-order valence-corrected chi connectivity index (χ4v) is 2.88. The Kier molecular flexibility index (Phi) is 2.96. The SMILES string of the molecule is CCC1CN(c2cccc3nccn23)CCC1N. The molecule has 2 aromatic rings. The van der Waals surface area contributed by atoms with E-state index < -0.39 is 0 Å². The van der Waals surface area contributed by atoms with E-state index in [1.165, 1.54) is 5.82 Å². The predicted octanol–water partition coefficient (Wildman–Crippen LogP) is 1.90. The molecular weight excluding hydrogens is 224 g/mol. The van der Waals surface area contributed by atoms with Crippen molar-refractivity contribution in [1.82, 2.24) is 9.38 Å². The van der Waals surface area contributed by atoms with Crippen molar-refractivity contribution in [2.45, 2.75) is 25.8 Å². The zero-order valence-electron chi connectivity index (χ0n) is 10.8. The summed E-state index contributed by atoms with van der Waals surface area (Å²) in [7, 11) is 0. The second-order valence-corrected chi connectivity index (χ2v) is 5.11. The average Bonchev–Trinajstić information content (AvgIpc) is 2.87. The molecule has 1 saturated heterocycles. The van der Waals surface area contributed by atoms with Crippen LogP contribution in [-0.4, -0.2) is 28.5 Å². The van der Waals surface area contributed by atoms with Gasteiger partial charge in [-0.2, -0.15) is 0 Å². The lowest BCUT2D eigenvalue weighted by Crippen LogP contribution is -2.47. The third kappa shape index (κ3) is 1.86. The Labute approximate surface area is 107 Å². The van der Waals surface area contributed by atoms with Crippen LogP contribution in [0.4, 0.5) is 5.82 Å². The molecule has 0 radical (unpaired) electrons. The highest BCUT2D eigenvalue weighted by Gasteiger charge is 2.26. The van der Waals surface area contributed by atoms with Gasteiger partial charge in [-0.05, 0) is 24.5 Å². The molecule has 0 bridgehead atoms. The van der Waals surface area contributed by atoms with Gasteiger partial charge in [0.25, 0.3) is 0 Å². The van der Waals surface area contributed by atoms with Crippen LogP contribution in [0.2, 0.25) is 0 Å². The number of hydrogen-bond donors (Lipinski definition) is 1. The van der Waals surface area contributed by atoms with Crippen molar-refractivity contribution < 1.29 is 0 Å². The van der Waals surface area contributed by atoms with Gasteiger partial charge in [-0.1, -0.05) is 19.4 Å². The minimum atomic E-state index is 0.355. The molecule has 96 valence electrons.